The van der Waals surface area contributed by atoms with Gasteiger partial charge in [-0.05, 0) is 53.8 Å². The minimum atomic E-state index is -3.87. The molecule has 0 heterocycles. The van der Waals surface area contributed by atoms with Crippen molar-refractivity contribution >= 4 is 55.1 Å². The Balaban J connectivity index is 2.06. The number of hydrogen-bond donors (Lipinski definition) is 1. The molecule has 3 aromatic rings. The fourth-order valence-electron chi connectivity index (χ4n) is 4.21. The molecule has 0 fully saturated rings. The second-order valence-electron chi connectivity index (χ2n) is 10.2. The summed E-state index contributed by atoms with van der Waals surface area (Å²) >= 11 is 9.63. The maximum absolute atomic E-state index is 14.1. The lowest BCUT2D eigenvalue weighted by Crippen LogP contribution is -2.53. The normalized spacial score (nSPS) is 12.2. The molecule has 7 nitrogen and oxygen atoms in total. The van der Waals surface area contributed by atoms with Crippen LogP contribution in [0.4, 0.5) is 5.69 Å². The van der Waals surface area contributed by atoms with E-state index in [0.717, 1.165) is 26.2 Å². The van der Waals surface area contributed by atoms with Crippen LogP contribution in [0.25, 0.3) is 0 Å². The number of anilines is 1. The first-order valence-electron chi connectivity index (χ1n) is 12.9. The van der Waals surface area contributed by atoms with Gasteiger partial charge in [0.1, 0.15) is 12.6 Å². The molecule has 3 aromatic carbocycles. The third-order valence-corrected chi connectivity index (χ3v) is 8.23. The molecule has 0 aliphatic heterocycles. The standard InChI is InChI=1S/C30H35BrClN3O4S/c1-21(2)18-33-30(37)28(16-23-8-6-5-7-9-23)34(19-24-11-13-25(31)14-12-24)29(36)20-35(40(4,38)39)27-17-26(32)15-10-22(27)3/h5-15,17,21,28H,16,18-20H2,1-4H3,(H,33,37). The topological polar surface area (TPSA) is 86.8 Å². The number of aryl methyl sites for hydroxylation is 1. The van der Waals surface area contributed by atoms with Gasteiger partial charge >= 0.3 is 0 Å². The summed E-state index contributed by atoms with van der Waals surface area (Å²) in [6.07, 6.45) is 1.32. The van der Waals surface area contributed by atoms with Crippen molar-refractivity contribution in [2.24, 2.45) is 5.92 Å². The first kappa shape index (κ1) is 31.6. The Morgan fingerprint density at radius 3 is 2.23 bits per heavy atom. The Morgan fingerprint density at radius 2 is 1.62 bits per heavy atom. The van der Waals surface area contributed by atoms with Crippen LogP contribution in [0, 0.1) is 12.8 Å². The second kappa shape index (κ2) is 14.1. The predicted octanol–water partition coefficient (Wildman–Crippen LogP) is 5.59. The summed E-state index contributed by atoms with van der Waals surface area (Å²) in [5.41, 5.74) is 2.65. The molecule has 0 aromatic heterocycles. The van der Waals surface area contributed by atoms with Crippen LogP contribution >= 0.6 is 27.5 Å². The third kappa shape index (κ3) is 9.08. The maximum atomic E-state index is 14.1. The molecule has 40 heavy (non-hydrogen) atoms. The molecule has 0 radical (unpaired) electrons. The zero-order valence-corrected chi connectivity index (χ0v) is 26.3. The van der Waals surface area contributed by atoms with E-state index in [1.165, 1.54) is 11.0 Å². The van der Waals surface area contributed by atoms with Gasteiger partial charge in [0.25, 0.3) is 0 Å². The number of carbonyl (C=O) groups is 2. The van der Waals surface area contributed by atoms with E-state index in [1.807, 2.05) is 68.4 Å². The third-order valence-electron chi connectivity index (χ3n) is 6.34. The molecule has 1 atom stereocenters. The monoisotopic (exact) mass is 647 g/mol. The van der Waals surface area contributed by atoms with Gasteiger partial charge in [-0.15, -0.1) is 0 Å². The first-order chi connectivity index (χ1) is 18.8. The number of hydrogen-bond acceptors (Lipinski definition) is 4. The lowest BCUT2D eigenvalue weighted by molar-refractivity contribution is -0.140. The molecule has 10 heteroatoms. The molecule has 0 saturated heterocycles. The van der Waals surface area contributed by atoms with Crippen molar-refractivity contribution in [3.63, 3.8) is 0 Å². The summed E-state index contributed by atoms with van der Waals surface area (Å²) in [6, 6.07) is 20.9. The highest BCUT2D eigenvalue weighted by Gasteiger charge is 2.33. The zero-order chi connectivity index (χ0) is 29.4. The van der Waals surface area contributed by atoms with E-state index in [2.05, 4.69) is 21.2 Å². The fraction of sp³-hybridized carbons (Fsp3) is 0.333. The molecule has 1 N–H and O–H groups in total. The fourth-order valence-corrected chi connectivity index (χ4v) is 5.54. The van der Waals surface area contributed by atoms with Crippen molar-refractivity contribution in [3.05, 3.63) is 99.0 Å². The van der Waals surface area contributed by atoms with E-state index in [0.29, 0.717) is 22.8 Å². The molecule has 0 aliphatic rings. The van der Waals surface area contributed by atoms with Crippen LogP contribution in [-0.2, 0) is 32.6 Å². The summed E-state index contributed by atoms with van der Waals surface area (Å²) < 4.78 is 27.8. The van der Waals surface area contributed by atoms with Gasteiger partial charge in [-0.1, -0.05) is 89.9 Å². The average molecular weight is 649 g/mol. The number of rotatable bonds is 12. The Bertz CT molecular complexity index is 1420. The zero-order valence-electron chi connectivity index (χ0n) is 23.1. The Kier molecular flexibility index (Phi) is 11.2. The molecule has 2 amide bonds. The SMILES string of the molecule is Cc1ccc(Cl)cc1N(CC(=O)N(Cc1ccc(Br)cc1)C(Cc1ccccc1)C(=O)NCC(C)C)S(C)(=O)=O. The molecule has 0 spiro atoms. The van der Waals surface area contributed by atoms with E-state index >= 15 is 0 Å². The predicted molar refractivity (Wildman–Crippen MR) is 165 cm³/mol. The number of nitrogens with zero attached hydrogens (tertiary/aromatic N) is 2. The molecule has 0 aliphatic carbocycles. The number of amides is 2. The van der Waals surface area contributed by atoms with Crippen LogP contribution in [0.2, 0.25) is 5.02 Å². The number of benzene rings is 3. The highest BCUT2D eigenvalue weighted by atomic mass is 79.9. The van der Waals surface area contributed by atoms with E-state index in [4.69, 9.17) is 11.6 Å². The largest absolute Gasteiger partial charge is 0.354 e. The maximum Gasteiger partial charge on any atom is 0.244 e. The summed E-state index contributed by atoms with van der Waals surface area (Å²) in [5.74, 6) is -0.593. The van der Waals surface area contributed by atoms with E-state index in [9.17, 15) is 18.0 Å². The Hall–Kier alpha value is -2.88. The number of sulfonamides is 1. The first-order valence-corrected chi connectivity index (χ1v) is 16.0. The van der Waals surface area contributed by atoms with Crippen molar-refractivity contribution < 1.29 is 18.0 Å². The Labute approximate surface area is 250 Å². The Morgan fingerprint density at radius 1 is 0.975 bits per heavy atom. The van der Waals surface area contributed by atoms with Gasteiger partial charge in [0.2, 0.25) is 21.8 Å². The quantitative estimate of drug-likeness (QED) is 0.278. The smallest absolute Gasteiger partial charge is 0.244 e. The van der Waals surface area contributed by atoms with Crippen LogP contribution in [0.5, 0.6) is 0 Å². The van der Waals surface area contributed by atoms with Crippen LogP contribution < -0.4 is 9.62 Å². The van der Waals surface area contributed by atoms with Crippen LogP contribution in [-0.4, -0.2) is 50.5 Å². The van der Waals surface area contributed by atoms with Crippen LogP contribution in [0.1, 0.15) is 30.5 Å². The van der Waals surface area contributed by atoms with Gasteiger partial charge in [-0.25, -0.2) is 8.42 Å². The van der Waals surface area contributed by atoms with Crippen molar-refractivity contribution in [2.45, 2.75) is 39.8 Å². The van der Waals surface area contributed by atoms with Gasteiger partial charge in [-0.3, -0.25) is 13.9 Å². The molecule has 3 rings (SSSR count). The van der Waals surface area contributed by atoms with Crippen molar-refractivity contribution in [2.75, 3.05) is 23.7 Å². The van der Waals surface area contributed by atoms with Gasteiger partial charge in [0.15, 0.2) is 0 Å². The summed E-state index contributed by atoms with van der Waals surface area (Å²) in [4.78, 5) is 29.2. The molecule has 1 unspecified atom stereocenters. The summed E-state index contributed by atoms with van der Waals surface area (Å²) in [6.45, 7) is 5.82. The van der Waals surface area contributed by atoms with E-state index in [-0.39, 0.29) is 24.8 Å². The van der Waals surface area contributed by atoms with Crippen LogP contribution in [0.3, 0.4) is 0 Å². The lowest BCUT2D eigenvalue weighted by atomic mass is 10.0. The molecule has 0 saturated carbocycles. The summed E-state index contributed by atoms with van der Waals surface area (Å²) in [5, 5.41) is 3.33. The number of carbonyl (C=O) groups excluding carboxylic acids is 2. The summed E-state index contributed by atoms with van der Waals surface area (Å²) in [7, 11) is -3.87. The van der Waals surface area contributed by atoms with Crippen LogP contribution in [0.15, 0.2) is 77.3 Å². The number of nitrogens with one attached hydrogen (secondary N) is 1. The molecular formula is C30H35BrClN3O4S. The second-order valence-corrected chi connectivity index (χ2v) is 13.5. The minimum absolute atomic E-state index is 0.116. The molecule has 214 valence electrons. The van der Waals surface area contributed by atoms with Crippen molar-refractivity contribution in [1.29, 1.82) is 0 Å². The highest BCUT2D eigenvalue weighted by Crippen LogP contribution is 2.27. The van der Waals surface area contributed by atoms with Crippen molar-refractivity contribution in [3.8, 4) is 0 Å². The van der Waals surface area contributed by atoms with Gasteiger partial charge in [-0.2, -0.15) is 0 Å². The van der Waals surface area contributed by atoms with E-state index in [1.54, 1.807) is 19.1 Å². The van der Waals surface area contributed by atoms with Gasteiger partial charge < -0.3 is 10.2 Å². The average Bonchev–Trinajstić information content (AvgIpc) is 2.90. The molecular weight excluding hydrogens is 614 g/mol. The number of halogens is 2. The van der Waals surface area contributed by atoms with Crippen molar-refractivity contribution in [1.82, 2.24) is 10.2 Å². The van der Waals surface area contributed by atoms with E-state index < -0.39 is 28.5 Å². The molecule has 0 bridgehead atoms. The lowest BCUT2D eigenvalue weighted by Gasteiger charge is -2.34. The van der Waals surface area contributed by atoms with Gasteiger partial charge in [0.05, 0.1) is 11.9 Å². The minimum Gasteiger partial charge on any atom is -0.354 e. The van der Waals surface area contributed by atoms with Gasteiger partial charge in [0, 0.05) is 29.0 Å². The highest BCUT2D eigenvalue weighted by molar-refractivity contribution is 9.10.